The molecule has 0 saturated carbocycles. The van der Waals surface area contributed by atoms with E-state index in [1.165, 1.54) is 18.3 Å². The van der Waals surface area contributed by atoms with Gasteiger partial charge in [0.25, 0.3) is 0 Å². The first kappa shape index (κ1) is 15.2. The second kappa shape index (κ2) is 6.09. The van der Waals surface area contributed by atoms with Crippen LogP contribution in [0.15, 0.2) is 41.7 Å². The second-order valence-electron chi connectivity index (χ2n) is 4.07. The molecule has 1 aromatic heterocycles. The molecule has 110 valence electrons. The number of halogens is 4. The van der Waals surface area contributed by atoms with E-state index in [0.29, 0.717) is 5.56 Å². The highest BCUT2D eigenvalue weighted by Gasteiger charge is 2.31. The highest BCUT2D eigenvalue weighted by molar-refractivity contribution is 6.30. The van der Waals surface area contributed by atoms with Gasteiger partial charge in [-0.1, -0.05) is 22.8 Å². The Morgan fingerprint density at radius 1 is 1.24 bits per heavy atom. The first-order valence-corrected chi connectivity index (χ1v) is 6.06. The minimum atomic E-state index is -4.52. The van der Waals surface area contributed by atoms with E-state index in [1.807, 2.05) is 0 Å². The fourth-order valence-electron chi connectivity index (χ4n) is 1.55. The van der Waals surface area contributed by atoms with Crippen molar-refractivity contribution in [3.8, 4) is 11.6 Å². The quantitative estimate of drug-likeness (QED) is 0.760. The van der Waals surface area contributed by atoms with Crippen molar-refractivity contribution in [1.29, 1.82) is 0 Å². The molecule has 0 fully saturated rings. The minimum Gasteiger partial charge on any atom is -0.439 e. The van der Waals surface area contributed by atoms with Crippen LogP contribution in [0.2, 0.25) is 5.02 Å². The van der Waals surface area contributed by atoms with E-state index in [0.717, 1.165) is 12.1 Å². The molecule has 8 heteroatoms. The summed E-state index contributed by atoms with van der Waals surface area (Å²) < 4.78 is 43.2. The Bertz CT molecular complexity index is 645. The Labute approximate surface area is 122 Å². The molecule has 2 aromatic rings. The lowest BCUT2D eigenvalue weighted by molar-refractivity contribution is -0.137. The lowest BCUT2D eigenvalue weighted by Crippen LogP contribution is -2.05. The van der Waals surface area contributed by atoms with E-state index in [-0.39, 0.29) is 23.2 Å². The summed E-state index contributed by atoms with van der Waals surface area (Å²) in [5.74, 6) is 0.00336. The van der Waals surface area contributed by atoms with Gasteiger partial charge in [-0.15, -0.1) is 0 Å². The van der Waals surface area contributed by atoms with Crippen molar-refractivity contribution in [3.05, 3.63) is 57.6 Å². The first-order chi connectivity index (χ1) is 9.88. The van der Waals surface area contributed by atoms with E-state index >= 15 is 0 Å². The van der Waals surface area contributed by atoms with Crippen LogP contribution in [-0.4, -0.2) is 4.98 Å². The first-order valence-electron chi connectivity index (χ1n) is 5.68. The molecule has 0 amide bonds. The van der Waals surface area contributed by atoms with Gasteiger partial charge in [-0.3, -0.25) is 0 Å². The fourth-order valence-corrected chi connectivity index (χ4v) is 1.77. The molecule has 0 bridgehead atoms. The molecular weight excluding hydrogens is 309 g/mol. The molecule has 4 nitrogen and oxygen atoms in total. The average Bonchev–Trinajstić information content (AvgIpc) is 2.40. The van der Waals surface area contributed by atoms with Crippen LogP contribution in [0.3, 0.4) is 0 Å². The number of nitroso groups, excluding NO2 is 1. The summed E-state index contributed by atoms with van der Waals surface area (Å²) in [6.45, 7) is -0.0390. The third kappa shape index (κ3) is 4.16. The normalized spacial score (nSPS) is 11.2. The van der Waals surface area contributed by atoms with Gasteiger partial charge in [-0.05, 0) is 23.8 Å². The number of hydrogen-bond donors (Lipinski definition) is 0. The number of nitrogens with zero attached hydrogens (tertiary/aromatic N) is 2. The predicted molar refractivity (Wildman–Crippen MR) is 70.3 cm³/mol. The summed E-state index contributed by atoms with van der Waals surface area (Å²) in [5.41, 5.74) is -0.341. The van der Waals surface area contributed by atoms with Crippen LogP contribution in [0.25, 0.3) is 0 Å². The van der Waals surface area contributed by atoms with Gasteiger partial charge >= 0.3 is 6.18 Å². The van der Waals surface area contributed by atoms with E-state index in [9.17, 15) is 18.1 Å². The minimum absolute atomic E-state index is 0.0390. The van der Waals surface area contributed by atoms with E-state index in [2.05, 4.69) is 10.2 Å². The van der Waals surface area contributed by atoms with Crippen molar-refractivity contribution in [2.24, 2.45) is 5.18 Å². The maximum Gasteiger partial charge on any atom is 0.416 e. The number of benzene rings is 1. The Morgan fingerprint density at radius 2 is 2.00 bits per heavy atom. The summed E-state index contributed by atoms with van der Waals surface area (Å²) in [7, 11) is 0. The van der Waals surface area contributed by atoms with Gasteiger partial charge in [0.05, 0.1) is 5.56 Å². The van der Waals surface area contributed by atoms with Crippen LogP contribution in [0, 0.1) is 4.91 Å². The smallest absolute Gasteiger partial charge is 0.416 e. The van der Waals surface area contributed by atoms with Crippen molar-refractivity contribution in [2.75, 3.05) is 0 Å². The number of pyridine rings is 1. The van der Waals surface area contributed by atoms with Crippen LogP contribution in [0.5, 0.6) is 11.6 Å². The third-order valence-corrected chi connectivity index (χ3v) is 2.68. The summed E-state index contributed by atoms with van der Waals surface area (Å²) in [6.07, 6.45) is -3.16. The molecule has 0 saturated heterocycles. The second-order valence-corrected chi connectivity index (χ2v) is 4.50. The summed E-state index contributed by atoms with van der Waals surface area (Å²) in [4.78, 5) is 14.0. The summed E-state index contributed by atoms with van der Waals surface area (Å²) >= 11 is 5.64. The Kier molecular flexibility index (Phi) is 4.42. The van der Waals surface area contributed by atoms with Crippen molar-refractivity contribution in [2.45, 2.75) is 12.7 Å². The van der Waals surface area contributed by atoms with Crippen LogP contribution in [0.1, 0.15) is 11.1 Å². The Hall–Kier alpha value is -2.15. The van der Waals surface area contributed by atoms with Crippen molar-refractivity contribution in [1.82, 2.24) is 4.98 Å². The zero-order valence-corrected chi connectivity index (χ0v) is 11.1. The summed E-state index contributed by atoms with van der Waals surface area (Å²) in [5, 5.41) is 2.60. The van der Waals surface area contributed by atoms with Crippen LogP contribution in [0.4, 0.5) is 13.2 Å². The number of aromatic nitrogens is 1. The van der Waals surface area contributed by atoms with Crippen LogP contribution in [-0.2, 0) is 12.7 Å². The third-order valence-electron chi connectivity index (χ3n) is 2.47. The van der Waals surface area contributed by atoms with E-state index < -0.39 is 11.7 Å². The topological polar surface area (TPSA) is 51.5 Å². The maximum atomic E-state index is 12.7. The van der Waals surface area contributed by atoms with Gasteiger partial charge in [0.1, 0.15) is 12.3 Å². The Morgan fingerprint density at radius 3 is 2.57 bits per heavy atom. The SMILES string of the molecule is O=NCc1ccc(Oc2cc(Cl)cc(C(F)(F)F)c2)nc1. The lowest BCUT2D eigenvalue weighted by Gasteiger charge is -2.10. The van der Waals surface area contributed by atoms with Gasteiger partial charge in [-0.2, -0.15) is 18.1 Å². The van der Waals surface area contributed by atoms with Gasteiger partial charge in [-0.25, -0.2) is 4.98 Å². The molecule has 2 rings (SSSR count). The largest absolute Gasteiger partial charge is 0.439 e. The Balaban J connectivity index is 2.23. The summed E-state index contributed by atoms with van der Waals surface area (Å²) in [6, 6.07) is 5.85. The fraction of sp³-hybridized carbons (Fsp3) is 0.154. The molecule has 0 aliphatic carbocycles. The van der Waals surface area contributed by atoms with Gasteiger partial charge in [0.15, 0.2) is 0 Å². The van der Waals surface area contributed by atoms with Gasteiger partial charge in [0.2, 0.25) is 5.88 Å². The standard InChI is InChI=1S/C13H8ClF3N2O2/c14-10-3-9(13(15,16)17)4-11(5-10)21-12-2-1-8(6-18-12)7-19-20/h1-6H,7H2. The molecule has 0 aliphatic heterocycles. The molecule has 0 unspecified atom stereocenters. The zero-order valence-electron chi connectivity index (χ0n) is 10.4. The molecule has 21 heavy (non-hydrogen) atoms. The number of hydrogen-bond acceptors (Lipinski definition) is 4. The zero-order chi connectivity index (χ0) is 15.5. The number of alkyl halides is 3. The van der Waals surface area contributed by atoms with Crippen molar-refractivity contribution >= 4 is 11.6 Å². The van der Waals surface area contributed by atoms with Crippen molar-refractivity contribution < 1.29 is 17.9 Å². The number of rotatable bonds is 4. The average molecular weight is 317 g/mol. The van der Waals surface area contributed by atoms with Crippen molar-refractivity contribution in [3.63, 3.8) is 0 Å². The molecular formula is C13H8ClF3N2O2. The predicted octanol–water partition coefficient (Wildman–Crippen LogP) is 4.81. The molecule has 1 aromatic carbocycles. The van der Waals surface area contributed by atoms with E-state index in [4.69, 9.17) is 16.3 Å². The van der Waals surface area contributed by atoms with Gasteiger partial charge < -0.3 is 4.74 Å². The highest BCUT2D eigenvalue weighted by Crippen LogP contribution is 2.35. The lowest BCUT2D eigenvalue weighted by atomic mass is 10.2. The molecule has 1 heterocycles. The molecule has 0 radical (unpaired) electrons. The monoisotopic (exact) mass is 316 g/mol. The molecule has 0 atom stereocenters. The van der Waals surface area contributed by atoms with Gasteiger partial charge in [0, 0.05) is 17.3 Å². The molecule has 0 N–H and O–H groups in total. The highest BCUT2D eigenvalue weighted by atomic mass is 35.5. The van der Waals surface area contributed by atoms with Crippen LogP contribution < -0.4 is 4.74 Å². The van der Waals surface area contributed by atoms with Crippen LogP contribution >= 0.6 is 11.6 Å². The van der Waals surface area contributed by atoms with E-state index in [1.54, 1.807) is 6.07 Å². The number of ether oxygens (including phenoxy) is 1. The maximum absolute atomic E-state index is 12.7. The molecule has 0 aliphatic rings. The molecule has 0 spiro atoms.